The van der Waals surface area contributed by atoms with Crippen LogP contribution in [0.3, 0.4) is 0 Å². The summed E-state index contributed by atoms with van der Waals surface area (Å²) in [5, 5.41) is 10.0. The van der Waals surface area contributed by atoms with Crippen molar-refractivity contribution >= 4 is 0 Å². The summed E-state index contributed by atoms with van der Waals surface area (Å²) in [5.74, 6) is 0.671. The van der Waals surface area contributed by atoms with Crippen molar-refractivity contribution in [2.45, 2.75) is 57.9 Å². The normalized spacial score (nSPS) is 19.3. The molecule has 1 saturated carbocycles. The van der Waals surface area contributed by atoms with Crippen molar-refractivity contribution in [3.8, 4) is 0 Å². The van der Waals surface area contributed by atoms with Crippen LogP contribution in [0.15, 0.2) is 30.3 Å². The molecule has 1 N–H and O–H groups in total. The van der Waals surface area contributed by atoms with Gasteiger partial charge in [0.2, 0.25) is 0 Å². The SMILES string of the molecule is CC(C)CN(CC(C)(CO)c1ccccc1)C1CCCC1. The molecule has 0 bridgehead atoms. The van der Waals surface area contributed by atoms with E-state index < -0.39 is 0 Å². The Morgan fingerprint density at radius 2 is 1.81 bits per heavy atom. The standard InChI is InChI=1S/C19H31NO/c1-16(2)13-20(18-11-7-8-12-18)14-19(3,15-21)17-9-5-4-6-10-17/h4-6,9-10,16,18,21H,7-8,11-15H2,1-3H3. The van der Waals surface area contributed by atoms with Crippen LogP contribution >= 0.6 is 0 Å². The van der Waals surface area contributed by atoms with Crippen molar-refractivity contribution in [1.82, 2.24) is 4.90 Å². The molecular formula is C19H31NO. The van der Waals surface area contributed by atoms with Crippen LogP contribution in [0.1, 0.15) is 52.0 Å². The molecule has 0 aliphatic heterocycles. The molecular weight excluding hydrogens is 258 g/mol. The van der Waals surface area contributed by atoms with Gasteiger partial charge in [-0.15, -0.1) is 0 Å². The molecule has 1 atom stereocenters. The van der Waals surface area contributed by atoms with Crippen molar-refractivity contribution < 1.29 is 5.11 Å². The van der Waals surface area contributed by atoms with Gasteiger partial charge in [-0.05, 0) is 24.3 Å². The minimum atomic E-state index is -0.168. The average molecular weight is 289 g/mol. The van der Waals surface area contributed by atoms with Crippen LogP contribution in [0, 0.1) is 5.92 Å². The Labute approximate surface area is 130 Å². The van der Waals surface area contributed by atoms with E-state index >= 15 is 0 Å². The van der Waals surface area contributed by atoms with E-state index in [1.807, 2.05) is 6.07 Å². The minimum Gasteiger partial charge on any atom is -0.395 e. The van der Waals surface area contributed by atoms with Crippen LogP contribution in [0.2, 0.25) is 0 Å². The molecule has 0 spiro atoms. The molecule has 0 radical (unpaired) electrons. The molecule has 1 aromatic rings. The molecule has 1 aliphatic carbocycles. The van der Waals surface area contributed by atoms with E-state index in [-0.39, 0.29) is 12.0 Å². The summed E-state index contributed by atoms with van der Waals surface area (Å²) >= 11 is 0. The van der Waals surface area contributed by atoms with Gasteiger partial charge >= 0.3 is 0 Å². The fourth-order valence-electron chi connectivity index (χ4n) is 3.60. The number of aliphatic hydroxyl groups excluding tert-OH is 1. The average Bonchev–Trinajstić information content (AvgIpc) is 3.01. The van der Waals surface area contributed by atoms with E-state index in [1.54, 1.807) is 0 Å². The summed E-state index contributed by atoms with van der Waals surface area (Å²) in [4.78, 5) is 2.64. The number of aliphatic hydroxyl groups is 1. The van der Waals surface area contributed by atoms with E-state index in [9.17, 15) is 5.11 Å². The van der Waals surface area contributed by atoms with Gasteiger partial charge in [-0.2, -0.15) is 0 Å². The topological polar surface area (TPSA) is 23.5 Å². The molecule has 0 heterocycles. The summed E-state index contributed by atoms with van der Waals surface area (Å²) in [7, 11) is 0. The summed E-state index contributed by atoms with van der Waals surface area (Å²) < 4.78 is 0. The Morgan fingerprint density at radius 1 is 1.19 bits per heavy atom. The van der Waals surface area contributed by atoms with Crippen LogP contribution in [0.25, 0.3) is 0 Å². The zero-order valence-electron chi connectivity index (χ0n) is 13.9. The monoisotopic (exact) mass is 289 g/mol. The number of benzene rings is 1. The van der Waals surface area contributed by atoms with E-state index in [0.717, 1.165) is 13.1 Å². The molecule has 1 aromatic carbocycles. The predicted molar refractivity (Wildman–Crippen MR) is 89.5 cm³/mol. The highest BCUT2D eigenvalue weighted by atomic mass is 16.3. The zero-order chi connectivity index (χ0) is 15.3. The van der Waals surface area contributed by atoms with Gasteiger partial charge in [0, 0.05) is 24.5 Å². The molecule has 0 amide bonds. The minimum absolute atomic E-state index is 0.168. The predicted octanol–water partition coefficient (Wildman–Crippen LogP) is 3.84. The Kier molecular flexibility index (Phi) is 5.83. The first-order chi connectivity index (χ1) is 10.0. The van der Waals surface area contributed by atoms with Crippen molar-refractivity contribution in [3.05, 3.63) is 35.9 Å². The lowest BCUT2D eigenvalue weighted by molar-refractivity contribution is 0.104. The Morgan fingerprint density at radius 3 is 2.33 bits per heavy atom. The van der Waals surface area contributed by atoms with Gasteiger partial charge < -0.3 is 5.11 Å². The fraction of sp³-hybridized carbons (Fsp3) is 0.684. The lowest BCUT2D eigenvalue weighted by Gasteiger charge is -2.39. The lowest BCUT2D eigenvalue weighted by atomic mass is 9.82. The van der Waals surface area contributed by atoms with Gasteiger partial charge in [-0.3, -0.25) is 4.90 Å². The first kappa shape index (κ1) is 16.5. The highest BCUT2D eigenvalue weighted by Crippen LogP contribution is 2.30. The highest BCUT2D eigenvalue weighted by molar-refractivity contribution is 5.25. The third kappa shape index (κ3) is 4.31. The number of nitrogens with zero attached hydrogens (tertiary/aromatic N) is 1. The quantitative estimate of drug-likeness (QED) is 0.824. The van der Waals surface area contributed by atoms with Crippen LogP contribution in [-0.4, -0.2) is 35.7 Å². The third-order valence-corrected chi connectivity index (χ3v) is 4.81. The Bertz CT molecular complexity index is 411. The largest absolute Gasteiger partial charge is 0.395 e. The van der Waals surface area contributed by atoms with Crippen molar-refractivity contribution in [3.63, 3.8) is 0 Å². The van der Waals surface area contributed by atoms with E-state index in [0.29, 0.717) is 12.0 Å². The van der Waals surface area contributed by atoms with Crippen LogP contribution in [-0.2, 0) is 5.41 Å². The van der Waals surface area contributed by atoms with Crippen molar-refractivity contribution in [2.24, 2.45) is 5.92 Å². The molecule has 2 nitrogen and oxygen atoms in total. The second-order valence-electron chi connectivity index (χ2n) is 7.35. The molecule has 1 unspecified atom stereocenters. The van der Waals surface area contributed by atoms with Gasteiger partial charge in [0.05, 0.1) is 6.61 Å². The maximum Gasteiger partial charge on any atom is 0.0537 e. The van der Waals surface area contributed by atoms with Gasteiger partial charge in [0.1, 0.15) is 0 Å². The van der Waals surface area contributed by atoms with Crippen molar-refractivity contribution in [1.29, 1.82) is 0 Å². The maximum absolute atomic E-state index is 10.0. The summed E-state index contributed by atoms with van der Waals surface area (Å²) in [5.41, 5.74) is 1.08. The number of hydrogen-bond donors (Lipinski definition) is 1. The first-order valence-electron chi connectivity index (χ1n) is 8.45. The third-order valence-electron chi connectivity index (χ3n) is 4.81. The van der Waals surface area contributed by atoms with E-state index in [4.69, 9.17) is 0 Å². The maximum atomic E-state index is 10.0. The lowest BCUT2D eigenvalue weighted by Crippen LogP contribution is -2.46. The second kappa shape index (κ2) is 7.42. The van der Waals surface area contributed by atoms with Crippen molar-refractivity contribution in [2.75, 3.05) is 19.7 Å². The molecule has 0 aromatic heterocycles. The van der Waals surface area contributed by atoms with Crippen LogP contribution in [0.4, 0.5) is 0 Å². The second-order valence-corrected chi connectivity index (χ2v) is 7.35. The number of rotatable bonds is 7. The first-order valence-corrected chi connectivity index (χ1v) is 8.45. The fourth-order valence-corrected chi connectivity index (χ4v) is 3.60. The van der Waals surface area contributed by atoms with Gasteiger partial charge in [0.25, 0.3) is 0 Å². The molecule has 2 heteroatoms. The van der Waals surface area contributed by atoms with Crippen LogP contribution in [0.5, 0.6) is 0 Å². The molecule has 21 heavy (non-hydrogen) atoms. The summed E-state index contributed by atoms with van der Waals surface area (Å²) in [6, 6.07) is 11.2. The molecule has 118 valence electrons. The smallest absolute Gasteiger partial charge is 0.0537 e. The van der Waals surface area contributed by atoms with Gasteiger partial charge in [-0.25, -0.2) is 0 Å². The Hall–Kier alpha value is -0.860. The van der Waals surface area contributed by atoms with Crippen LogP contribution < -0.4 is 0 Å². The molecule has 0 saturated heterocycles. The van der Waals surface area contributed by atoms with Gasteiger partial charge in [0.15, 0.2) is 0 Å². The highest BCUT2D eigenvalue weighted by Gasteiger charge is 2.32. The van der Waals surface area contributed by atoms with Gasteiger partial charge in [-0.1, -0.05) is 63.9 Å². The summed E-state index contributed by atoms with van der Waals surface area (Å²) in [6.45, 7) is 9.08. The molecule has 2 rings (SSSR count). The number of hydrogen-bond acceptors (Lipinski definition) is 2. The zero-order valence-corrected chi connectivity index (χ0v) is 13.9. The van der Waals surface area contributed by atoms with E-state index in [2.05, 4.69) is 49.9 Å². The summed E-state index contributed by atoms with van der Waals surface area (Å²) in [6.07, 6.45) is 5.37. The Balaban J connectivity index is 2.15. The van der Waals surface area contributed by atoms with E-state index in [1.165, 1.54) is 31.2 Å². The molecule has 1 fully saturated rings. The molecule has 1 aliphatic rings.